The molecule has 57 heavy (non-hydrogen) atoms. The highest BCUT2D eigenvalue weighted by molar-refractivity contribution is 5.84. The van der Waals surface area contributed by atoms with E-state index in [2.05, 4.69) is 26.9 Å². The largest absolute Gasteiger partial charge is 0.435 e. The Hall–Kier alpha value is -5.85. The van der Waals surface area contributed by atoms with E-state index in [9.17, 15) is 9.59 Å². The summed E-state index contributed by atoms with van der Waals surface area (Å²) in [6, 6.07) is 26.7. The molecule has 4 heterocycles. The van der Waals surface area contributed by atoms with Crippen LogP contribution in [0.1, 0.15) is 86.5 Å². The highest BCUT2D eigenvalue weighted by atomic mass is 16.4. The number of amides is 2. The smallest absolute Gasteiger partial charge is 0.245 e. The predicted molar refractivity (Wildman–Crippen MR) is 222 cm³/mol. The summed E-state index contributed by atoms with van der Waals surface area (Å²) in [5.41, 5.74) is 5.22. The number of aromatic nitrogens is 5. The van der Waals surface area contributed by atoms with Crippen LogP contribution in [0.2, 0.25) is 0 Å². The number of oxazole rings is 1. The Balaban J connectivity index is 1.07. The molecule has 6 aromatic rings. The second-order valence-electron chi connectivity index (χ2n) is 15.3. The lowest BCUT2D eigenvalue weighted by Gasteiger charge is -2.38. The van der Waals surface area contributed by atoms with E-state index < -0.39 is 6.04 Å². The van der Waals surface area contributed by atoms with Gasteiger partial charge in [-0.05, 0) is 78.0 Å². The van der Waals surface area contributed by atoms with Crippen LogP contribution in [0.3, 0.4) is 0 Å². The number of nitrogens with zero attached hydrogens (tertiary/aromatic N) is 7. The monoisotopic (exact) mass is 767 g/mol. The molecule has 1 saturated heterocycles. The van der Waals surface area contributed by atoms with Crippen LogP contribution >= 0.6 is 0 Å². The Bertz CT molecular complexity index is 2240. The minimum atomic E-state index is -0.417. The van der Waals surface area contributed by atoms with E-state index >= 15 is 0 Å². The summed E-state index contributed by atoms with van der Waals surface area (Å²) in [6.45, 7) is 5.35. The maximum absolute atomic E-state index is 14.1. The van der Waals surface area contributed by atoms with Gasteiger partial charge in [-0.3, -0.25) is 19.4 Å². The van der Waals surface area contributed by atoms with Crippen LogP contribution in [-0.4, -0.2) is 97.6 Å². The third-order valence-corrected chi connectivity index (χ3v) is 10.8. The second-order valence-corrected chi connectivity index (χ2v) is 15.3. The fraction of sp³-hybridized carbons (Fsp3) is 0.356. The summed E-state index contributed by atoms with van der Waals surface area (Å²) in [5, 5.41) is 0. The first kappa shape index (κ1) is 39.4. The van der Waals surface area contributed by atoms with Crippen molar-refractivity contribution in [2.24, 2.45) is 0 Å². The molecule has 12 nitrogen and oxygen atoms in total. The standard InChI is InChI=1S/C45H53N9O3/c1-7-24-53(44(55)39(51(3)4)31-17-10-8-11-18-31)30(2)41-46-28-36(50-41)43-48-29-38(57-43)34-22-16-21-33(26-34)35-27-47-42(49-35)37-23-14-15-25-54(37)45(56)40(52(5)6)32-19-12-9-13-20-32/h8-13,16-22,26-30,37,39-40H,7,14-15,23-25H2,1-6H3,(H,46,50)(H,47,49)/t30-,37-,39+,40+/m0/s1. The van der Waals surface area contributed by atoms with Crippen molar-refractivity contribution in [2.75, 3.05) is 41.3 Å². The Morgan fingerprint density at radius 2 is 1.46 bits per heavy atom. The van der Waals surface area contributed by atoms with E-state index in [1.807, 2.05) is 146 Å². The van der Waals surface area contributed by atoms with Gasteiger partial charge in [0, 0.05) is 24.2 Å². The molecule has 0 saturated carbocycles. The molecule has 0 bridgehead atoms. The van der Waals surface area contributed by atoms with Crippen molar-refractivity contribution < 1.29 is 14.0 Å². The van der Waals surface area contributed by atoms with Crippen LogP contribution < -0.4 is 0 Å². The quantitative estimate of drug-likeness (QED) is 0.114. The third kappa shape index (κ3) is 8.47. The Kier molecular flexibility index (Phi) is 12.1. The van der Waals surface area contributed by atoms with Crippen LogP contribution in [-0.2, 0) is 9.59 Å². The number of hydrogen-bond donors (Lipinski definition) is 2. The van der Waals surface area contributed by atoms with E-state index in [1.54, 1.807) is 12.4 Å². The molecule has 0 spiro atoms. The highest BCUT2D eigenvalue weighted by Crippen LogP contribution is 2.35. The van der Waals surface area contributed by atoms with Gasteiger partial charge in [0.25, 0.3) is 0 Å². The van der Waals surface area contributed by atoms with Gasteiger partial charge in [0.05, 0.1) is 36.4 Å². The topological polar surface area (TPSA) is 130 Å². The number of carbonyl (C=O) groups is 2. The van der Waals surface area contributed by atoms with Crippen LogP contribution in [0.4, 0.5) is 0 Å². The van der Waals surface area contributed by atoms with Crippen molar-refractivity contribution in [1.29, 1.82) is 0 Å². The summed E-state index contributed by atoms with van der Waals surface area (Å²) in [6.07, 6.45) is 8.92. The predicted octanol–water partition coefficient (Wildman–Crippen LogP) is 8.08. The van der Waals surface area contributed by atoms with Crippen molar-refractivity contribution in [1.82, 2.24) is 44.5 Å². The van der Waals surface area contributed by atoms with Crippen LogP contribution in [0.15, 0.2) is 108 Å². The zero-order chi connectivity index (χ0) is 40.1. The molecule has 0 radical (unpaired) electrons. The van der Waals surface area contributed by atoms with Crippen molar-refractivity contribution in [3.8, 4) is 34.2 Å². The van der Waals surface area contributed by atoms with E-state index in [1.165, 1.54) is 0 Å². The second kappa shape index (κ2) is 17.5. The summed E-state index contributed by atoms with van der Waals surface area (Å²) in [4.78, 5) is 57.1. The van der Waals surface area contributed by atoms with Gasteiger partial charge in [0.1, 0.15) is 29.4 Å². The van der Waals surface area contributed by atoms with Crippen molar-refractivity contribution in [2.45, 2.75) is 63.7 Å². The number of likely N-dealkylation sites (N-methyl/N-ethyl adjacent to an activating group) is 2. The lowest BCUT2D eigenvalue weighted by molar-refractivity contribution is -0.140. The third-order valence-electron chi connectivity index (χ3n) is 10.8. The molecule has 2 amide bonds. The van der Waals surface area contributed by atoms with Gasteiger partial charge in [0.2, 0.25) is 17.7 Å². The molecule has 3 aromatic carbocycles. The summed E-state index contributed by atoms with van der Waals surface area (Å²) in [7, 11) is 7.77. The van der Waals surface area contributed by atoms with Gasteiger partial charge < -0.3 is 24.2 Å². The first-order chi connectivity index (χ1) is 27.6. The van der Waals surface area contributed by atoms with Gasteiger partial charge in [-0.2, -0.15) is 0 Å². The first-order valence-corrected chi connectivity index (χ1v) is 19.8. The number of H-pyrrole nitrogens is 2. The number of carbonyl (C=O) groups excluding carboxylic acids is 2. The van der Waals surface area contributed by atoms with Crippen LogP contribution in [0, 0.1) is 0 Å². The van der Waals surface area contributed by atoms with E-state index in [-0.39, 0.29) is 29.9 Å². The normalized spacial score (nSPS) is 16.1. The van der Waals surface area contributed by atoms with Gasteiger partial charge in [0.15, 0.2) is 5.76 Å². The summed E-state index contributed by atoms with van der Waals surface area (Å²) >= 11 is 0. The Morgan fingerprint density at radius 1 is 0.789 bits per heavy atom. The molecule has 296 valence electrons. The molecule has 1 aliphatic rings. The molecule has 3 aromatic heterocycles. The van der Waals surface area contributed by atoms with E-state index in [0.717, 1.165) is 59.5 Å². The number of imidazole rings is 2. The molecular weight excluding hydrogens is 715 g/mol. The lowest BCUT2D eigenvalue weighted by Crippen LogP contribution is -2.45. The SMILES string of the molecule is CCCN(C(=O)[C@@H](c1ccccc1)N(C)C)[C@@H](C)c1ncc(-c2ncc(-c3cccc(-c4cnc([C@@H]5CCCCN5C(=O)[C@@H](c5ccccc5)N(C)C)[nH]4)c3)o2)[nH]1. The molecule has 1 aliphatic heterocycles. The lowest BCUT2D eigenvalue weighted by atomic mass is 9.97. The molecule has 0 unspecified atom stereocenters. The number of aromatic amines is 2. The molecule has 4 atom stereocenters. The average molecular weight is 768 g/mol. The maximum Gasteiger partial charge on any atom is 0.245 e. The molecule has 12 heteroatoms. The fourth-order valence-electron chi connectivity index (χ4n) is 7.95. The van der Waals surface area contributed by atoms with E-state index in [0.29, 0.717) is 36.3 Å². The van der Waals surface area contributed by atoms with Gasteiger partial charge >= 0.3 is 0 Å². The van der Waals surface area contributed by atoms with Gasteiger partial charge in [-0.1, -0.05) is 85.8 Å². The van der Waals surface area contributed by atoms with Gasteiger partial charge in [-0.15, -0.1) is 0 Å². The zero-order valence-corrected chi connectivity index (χ0v) is 33.7. The minimum Gasteiger partial charge on any atom is -0.435 e. The Labute approximate surface area is 335 Å². The van der Waals surface area contributed by atoms with E-state index in [4.69, 9.17) is 9.40 Å². The molecule has 0 aliphatic carbocycles. The van der Waals surface area contributed by atoms with Crippen LogP contribution in [0.25, 0.3) is 34.2 Å². The molecule has 2 N–H and O–H groups in total. The van der Waals surface area contributed by atoms with Gasteiger partial charge in [-0.25, -0.2) is 15.0 Å². The molecular formula is C45H53N9O3. The molecule has 7 rings (SSSR count). The van der Waals surface area contributed by atoms with Crippen LogP contribution in [0.5, 0.6) is 0 Å². The summed E-state index contributed by atoms with van der Waals surface area (Å²) in [5.74, 6) is 2.56. The minimum absolute atomic E-state index is 0.0201. The average Bonchev–Trinajstić information content (AvgIpc) is 4.03. The zero-order valence-electron chi connectivity index (χ0n) is 33.7. The molecule has 1 fully saturated rings. The number of hydrogen-bond acceptors (Lipinski definition) is 8. The number of rotatable bonds is 14. The highest BCUT2D eigenvalue weighted by Gasteiger charge is 2.36. The number of benzene rings is 3. The fourth-order valence-corrected chi connectivity index (χ4v) is 7.95. The number of nitrogens with one attached hydrogen (secondary N) is 2. The van der Waals surface area contributed by atoms with Crippen molar-refractivity contribution >= 4 is 11.8 Å². The Morgan fingerprint density at radius 3 is 2.14 bits per heavy atom. The van der Waals surface area contributed by atoms with Crippen molar-refractivity contribution in [3.05, 3.63) is 126 Å². The summed E-state index contributed by atoms with van der Waals surface area (Å²) < 4.78 is 6.30. The van der Waals surface area contributed by atoms with Crippen molar-refractivity contribution in [3.63, 3.8) is 0 Å². The number of likely N-dealkylation sites (tertiary alicyclic amines) is 1. The first-order valence-electron chi connectivity index (χ1n) is 19.8. The number of piperidine rings is 1. The maximum atomic E-state index is 14.1.